The van der Waals surface area contributed by atoms with Crippen molar-refractivity contribution in [2.24, 2.45) is 0 Å². The third-order valence-corrected chi connectivity index (χ3v) is 1.60. The van der Waals surface area contributed by atoms with Gasteiger partial charge in [0.25, 0.3) is 0 Å². The van der Waals surface area contributed by atoms with Crippen molar-refractivity contribution >= 4 is 28.4 Å². The van der Waals surface area contributed by atoms with E-state index in [1.165, 1.54) is 0 Å². The highest BCUT2D eigenvalue weighted by Gasteiger charge is 2.10. The molecule has 0 aliphatic rings. The minimum Gasteiger partial charge on any atom is -0.449 e. The summed E-state index contributed by atoms with van der Waals surface area (Å²) in [5, 5.41) is 8.35. The standard InChI is InChI=1S/C4H5N3O3S/c5-1-2(10-4(8)9)11-3(6)7-1/h5H2,(H2,6,7)(H,8,9). The van der Waals surface area contributed by atoms with Crippen LogP contribution in [-0.2, 0) is 0 Å². The lowest BCUT2D eigenvalue weighted by Gasteiger charge is -1.92. The first-order chi connectivity index (χ1) is 5.09. The molecule has 7 heteroatoms. The Morgan fingerprint density at radius 1 is 1.64 bits per heavy atom. The van der Waals surface area contributed by atoms with E-state index in [1.807, 2.05) is 0 Å². The van der Waals surface area contributed by atoms with Crippen molar-refractivity contribution < 1.29 is 14.6 Å². The van der Waals surface area contributed by atoms with Crippen LogP contribution in [0.5, 0.6) is 5.06 Å². The lowest BCUT2D eigenvalue weighted by molar-refractivity contribution is 0.146. The Balaban J connectivity index is 2.85. The van der Waals surface area contributed by atoms with Gasteiger partial charge in [0.1, 0.15) is 0 Å². The number of aromatic nitrogens is 1. The number of nitrogens with zero attached hydrogens (tertiary/aromatic N) is 1. The third-order valence-electron chi connectivity index (χ3n) is 0.817. The van der Waals surface area contributed by atoms with Crippen molar-refractivity contribution in [3.8, 4) is 5.06 Å². The molecule has 0 saturated carbocycles. The van der Waals surface area contributed by atoms with Gasteiger partial charge in [0.2, 0.25) is 5.06 Å². The quantitative estimate of drug-likeness (QED) is 0.531. The molecule has 0 fully saturated rings. The number of carboxylic acid groups (broad SMARTS) is 1. The number of nitrogens with two attached hydrogens (primary N) is 2. The van der Waals surface area contributed by atoms with Gasteiger partial charge in [0.15, 0.2) is 10.9 Å². The summed E-state index contributed by atoms with van der Waals surface area (Å²) in [6, 6.07) is 0. The fourth-order valence-electron chi connectivity index (χ4n) is 0.487. The number of nitrogen functional groups attached to an aromatic ring is 2. The Hall–Kier alpha value is -1.50. The summed E-state index contributed by atoms with van der Waals surface area (Å²) >= 11 is 0.881. The van der Waals surface area contributed by atoms with Gasteiger partial charge in [0.05, 0.1) is 0 Å². The molecule has 0 aliphatic carbocycles. The van der Waals surface area contributed by atoms with Crippen LogP contribution < -0.4 is 16.2 Å². The predicted octanol–water partition coefficient (Wildman–Crippen LogP) is 0.364. The van der Waals surface area contributed by atoms with Gasteiger partial charge in [0, 0.05) is 0 Å². The fraction of sp³-hybridized carbons (Fsp3) is 0. The lowest BCUT2D eigenvalue weighted by Crippen LogP contribution is -2.03. The number of ether oxygens (including phenoxy) is 1. The average Bonchev–Trinajstić information content (AvgIpc) is 2.09. The van der Waals surface area contributed by atoms with Crippen molar-refractivity contribution in [3.63, 3.8) is 0 Å². The molecule has 0 spiro atoms. The molecule has 11 heavy (non-hydrogen) atoms. The van der Waals surface area contributed by atoms with Crippen LogP contribution in [0.4, 0.5) is 15.7 Å². The SMILES string of the molecule is Nc1nc(N)c(OC(=O)O)s1. The van der Waals surface area contributed by atoms with Crippen LogP contribution in [0, 0.1) is 0 Å². The first-order valence-electron chi connectivity index (χ1n) is 2.52. The zero-order valence-electron chi connectivity index (χ0n) is 5.27. The highest BCUT2D eigenvalue weighted by molar-refractivity contribution is 7.17. The number of carbonyl (C=O) groups is 1. The number of hydrogen-bond acceptors (Lipinski definition) is 6. The first-order valence-corrected chi connectivity index (χ1v) is 3.34. The van der Waals surface area contributed by atoms with Gasteiger partial charge in [-0.2, -0.15) is 4.98 Å². The lowest BCUT2D eigenvalue weighted by atomic mass is 10.8. The number of hydrogen-bond donors (Lipinski definition) is 3. The summed E-state index contributed by atoms with van der Waals surface area (Å²) in [7, 11) is 0. The molecule has 0 aliphatic heterocycles. The van der Waals surface area contributed by atoms with Crippen LogP contribution in [0.3, 0.4) is 0 Å². The average molecular weight is 175 g/mol. The van der Waals surface area contributed by atoms with Gasteiger partial charge in [-0.25, -0.2) is 4.79 Å². The molecule has 0 bridgehead atoms. The number of thiazole rings is 1. The topological polar surface area (TPSA) is 111 Å². The minimum absolute atomic E-state index is 0.00472. The molecular weight excluding hydrogens is 170 g/mol. The van der Waals surface area contributed by atoms with Crippen LogP contribution in [0.25, 0.3) is 0 Å². The second-order valence-electron chi connectivity index (χ2n) is 1.59. The van der Waals surface area contributed by atoms with Crippen LogP contribution in [0.1, 0.15) is 0 Å². The van der Waals surface area contributed by atoms with Gasteiger partial charge in [-0.05, 0) is 0 Å². The van der Waals surface area contributed by atoms with Crippen molar-refractivity contribution in [1.82, 2.24) is 4.98 Å². The van der Waals surface area contributed by atoms with E-state index in [2.05, 4.69) is 9.72 Å². The van der Waals surface area contributed by atoms with E-state index in [-0.39, 0.29) is 16.0 Å². The Morgan fingerprint density at radius 3 is 2.64 bits per heavy atom. The smallest absolute Gasteiger partial charge is 0.449 e. The molecule has 0 radical (unpaired) electrons. The molecule has 0 unspecified atom stereocenters. The largest absolute Gasteiger partial charge is 0.512 e. The number of anilines is 2. The molecule has 1 aromatic rings. The molecule has 0 aromatic carbocycles. The molecule has 1 heterocycles. The van der Waals surface area contributed by atoms with E-state index in [0.29, 0.717) is 0 Å². The molecule has 0 amide bonds. The Labute approximate surface area is 65.4 Å². The predicted molar refractivity (Wildman–Crippen MR) is 39.6 cm³/mol. The molecule has 1 aromatic heterocycles. The van der Waals surface area contributed by atoms with E-state index in [9.17, 15) is 4.79 Å². The summed E-state index contributed by atoms with van der Waals surface area (Å²) in [4.78, 5) is 13.5. The van der Waals surface area contributed by atoms with Gasteiger partial charge in [-0.3, -0.25) is 0 Å². The van der Waals surface area contributed by atoms with E-state index in [4.69, 9.17) is 16.6 Å². The van der Waals surface area contributed by atoms with Crippen molar-refractivity contribution in [3.05, 3.63) is 0 Å². The second-order valence-corrected chi connectivity index (χ2v) is 2.59. The van der Waals surface area contributed by atoms with Crippen LogP contribution >= 0.6 is 11.3 Å². The summed E-state index contributed by atoms with van der Waals surface area (Å²) in [6.45, 7) is 0. The molecule has 0 saturated heterocycles. The second kappa shape index (κ2) is 2.62. The van der Waals surface area contributed by atoms with Crippen molar-refractivity contribution in [1.29, 1.82) is 0 Å². The first kappa shape index (κ1) is 7.61. The molecule has 60 valence electrons. The zero-order valence-corrected chi connectivity index (χ0v) is 6.09. The van der Waals surface area contributed by atoms with E-state index in [1.54, 1.807) is 0 Å². The summed E-state index contributed by atoms with van der Waals surface area (Å²) in [5.41, 5.74) is 10.4. The zero-order chi connectivity index (χ0) is 8.43. The Morgan fingerprint density at radius 2 is 2.27 bits per heavy atom. The Bertz CT molecular complexity index is 284. The summed E-state index contributed by atoms with van der Waals surface area (Å²) in [5.74, 6) is -0.00472. The highest BCUT2D eigenvalue weighted by atomic mass is 32.1. The molecule has 0 atom stereocenters. The maximum Gasteiger partial charge on any atom is 0.512 e. The van der Waals surface area contributed by atoms with Gasteiger partial charge in [-0.15, -0.1) is 0 Å². The molecule has 1 rings (SSSR count). The molecule has 6 nitrogen and oxygen atoms in total. The Kier molecular flexibility index (Phi) is 1.81. The van der Waals surface area contributed by atoms with Crippen molar-refractivity contribution in [2.45, 2.75) is 0 Å². The minimum atomic E-state index is -1.43. The van der Waals surface area contributed by atoms with Crippen molar-refractivity contribution in [2.75, 3.05) is 11.5 Å². The summed E-state index contributed by atoms with van der Waals surface area (Å²) in [6.07, 6.45) is -1.43. The maximum absolute atomic E-state index is 9.99. The van der Waals surface area contributed by atoms with E-state index >= 15 is 0 Å². The highest BCUT2D eigenvalue weighted by Crippen LogP contribution is 2.30. The monoisotopic (exact) mass is 175 g/mol. The number of rotatable bonds is 1. The van der Waals surface area contributed by atoms with E-state index in [0.717, 1.165) is 11.3 Å². The van der Waals surface area contributed by atoms with E-state index < -0.39 is 6.16 Å². The third kappa shape index (κ3) is 1.71. The molecular formula is C4H5N3O3S. The van der Waals surface area contributed by atoms with Gasteiger partial charge in [-0.1, -0.05) is 11.3 Å². The van der Waals surface area contributed by atoms with Crippen LogP contribution in [0.15, 0.2) is 0 Å². The fourth-order valence-corrected chi connectivity index (χ4v) is 1.08. The normalized spacial score (nSPS) is 9.45. The van der Waals surface area contributed by atoms with Crippen LogP contribution in [0.2, 0.25) is 0 Å². The summed E-state index contributed by atoms with van der Waals surface area (Å²) < 4.78 is 4.23. The van der Waals surface area contributed by atoms with Crippen LogP contribution in [-0.4, -0.2) is 16.2 Å². The molecule has 5 N–H and O–H groups in total. The maximum atomic E-state index is 9.99. The van der Waals surface area contributed by atoms with Gasteiger partial charge < -0.3 is 21.3 Å². The van der Waals surface area contributed by atoms with Gasteiger partial charge >= 0.3 is 6.16 Å².